The summed E-state index contributed by atoms with van der Waals surface area (Å²) in [6.45, 7) is 20.4. The summed E-state index contributed by atoms with van der Waals surface area (Å²) in [7, 11) is -2.15. The maximum atomic E-state index is 12.9. The maximum Gasteiger partial charge on any atom is 0.407 e. The van der Waals surface area contributed by atoms with E-state index in [1.807, 2.05) is 26.0 Å². The topological polar surface area (TPSA) is 153 Å². The number of allylic oxidation sites excluding steroid dienone is 2. The fourth-order valence-corrected chi connectivity index (χ4v) is 8.68. The lowest BCUT2D eigenvalue weighted by Crippen LogP contribution is -2.57. The van der Waals surface area contributed by atoms with Crippen LogP contribution in [-0.2, 0) is 28.2 Å². The number of carbonyl (C=O) groups is 3. The molecular formula is C38H63N3O8Si. The molecule has 0 saturated carbocycles. The SMILES string of the molecule is CC(/C=C/[C@H]1O[C@H](CC(N)=O)C[C@@]2(CO2)[C@@H]1O[Si](C)(C)C(C)(C)C)=C\C[C@@H]1O[C@H](C)[C@H](NC(=O)/C=C\C(C)[C@@H]2CCCCN2C(=O)O)C[C@@H]1C. The molecule has 50 heavy (non-hydrogen) atoms. The lowest BCUT2D eigenvalue weighted by Gasteiger charge is -2.46. The van der Waals surface area contributed by atoms with Gasteiger partial charge in [0.25, 0.3) is 0 Å². The van der Waals surface area contributed by atoms with E-state index in [0.717, 1.165) is 37.7 Å². The van der Waals surface area contributed by atoms with E-state index in [1.165, 1.54) is 4.90 Å². The Morgan fingerprint density at radius 2 is 1.86 bits per heavy atom. The molecule has 3 amide bonds. The molecule has 0 aromatic rings. The summed E-state index contributed by atoms with van der Waals surface area (Å²) in [5.74, 6) is -0.395. The Labute approximate surface area is 300 Å². The van der Waals surface area contributed by atoms with Crippen molar-refractivity contribution in [3.63, 3.8) is 0 Å². The number of nitrogens with one attached hydrogen (secondary N) is 1. The van der Waals surface area contributed by atoms with Gasteiger partial charge in [-0.25, -0.2) is 4.79 Å². The van der Waals surface area contributed by atoms with E-state index in [9.17, 15) is 19.5 Å². The number of rotatable bonds is 12. The van der Waals surface area contributed by atoms with E-state index in [4.69, 9.17) is 24.4 Å². The minimum absolute atomic E-state index is 0.00838. The van der Waals surface area contributed by atoms with Gasteiger partial charge >= 0.3 is 6.09 Å². The zero-order valence-corrected chi connectivity index (χ0v) is 32.8. The van der Waals surface area contributed by atoms with Crippen molar-refractivity contribution in [3.05, 3.63) is 36.0 Å². The van der Waals surface area contributed by atoms with Crippen LogP contribution < -0.4 is 11.1 Å². The van der Waals surface area contributed by atoms with Gasteiger partial charge in [0.15, 0.2) is 8.32 Å². The van der Waals surface area contributed by atoms with E-state index in [0.29, 0.717) is 19.6 Å². The van der Waals surface area contributed by atoms with E-state index in [1.54, 1.807) is 6.08 Å². The Balaban J connectivity index is 1.34. The summed E-state index contributed by atoms with van der Waals surface area (Å²) < 4.78 is 25.9. The highest BCUT2D eigenvalue weighted by Gasteiger charge is 2.61. The van der Waals surface area contributed by atoms with Crippen LogP contribution in [0.3, 0.4) is 0 Å². The monoisotopic (exact) mass is 717 g/mol. The Morgan fingerprint density at radius 3 is 2.48 bits per heavy atom. The van der Waals surface area contributed by atoms with Gasteiger partial charge in [-0.2, -0.15) is 0 Å². The van der Waals surface area contributed by atoms with Gasteiger partial charge < -0.3 is 39.7 Å². The smallest absolute Gasteiger partial charge is 0.407 e. The van der Waals surface area contributed by atoms with Gasteiger partial charge in [-0.1, -0.05) is 64.5 Å². The standard InChI is InChI=1S/C38H63N3O8Si/c1-24(14-17-32-35(49-50(8,9)37(5,6)7)38(23-46-38)22-28(48-32)21-33(39)42)13-16-31-26(3)20-29(27(4)47-31)40-34(43)18-15-25(2)30-12-10-11-19-41(30)36(44)45/h13-15,17-18,25-32,35H,10-12,16,19-23H2,1-9H3,(H2,39,42)(H,40,43)(H,44,45)/b17-14+,18-15-,24-13+/t25?,26-,27+,28+,29+,30-,31-,32+,35+,38+/m0/s1. The van der Waals surface area contributed by atoms with Crippen molar-refractivity contribution < 1.29 is 38.1 Å². The van der Waals surface area contributed by atoms with Crippen LogP contribution in [0.5, 0.6) is 0 Å². The summed E-state index contributed by atoms with van der Waals surface area (Å²) in [6, 6.07) is -0.223. The van der Waals surface area contributed by atoms with Gasteiger partial charge in [0.2, 0.25) is 11.8 Å². The molecule has 12 heteroatoms. The second-order valence-electron chi connectivity index (χ2n) is 16.8. The van der Waals surface area contributed by atoms with Crippen LogP contribution in [0.15, 0.2) is 36.0 Å². The average Bonchev–Trinajstić information content (AvgIpc) is 3.79. The number of nitrogens with two attached hydrogens (primary N) is 1. The van der Waals surface area contributed by atoms with Crippen molar-refractivity contribution in [1.82, 2.24) is 10.2 Å². The van der Waals surface area contributed by atoms with Gasteiger partial charge in [0.05, 0.1) is 37.4 Å². The molecule has 0 aromatic carbocycles. The Bertz CT molecular complexity index is 1300. The minimum Gasteiger partial charge on any atom is -0.465 e. The predicted molar refractivity (Wildman–Crippen MR) is 196 cm³/mol. The zero-order chi connectivity index (χ0) is 37.0. The van der Waals surface area contributed by atoms with Crippen LogP contribution in [0, 0.1) is 11.8 Å². The molecule has 0 aromatic heterocycles. The number of hydrogen-bond acceptors (Lipinski definition) is 7. The highest BCUT2D eigenvalue weighted by atomic mass is 28.4. The maximum absolute atomic E-state index is 12.9. The number of likely N-dealkylation sites (tertiary alicyclic amines) is 1. The number of hydrogen-bond donors (Lipinski definition) is 3. The number of nitrogens with zero attached hydrogens (tertiary/aromatic N) is 1. The van der Waals surface area contributed by atoms with Crippen molar-refractivity contribution in [2.24, 2.45) is 17.6 Å². The second-order valence-corrected chi connectivity index (χ2v) is 21.5. The molecule has 4 rings (SSSR count). The quantitative estimate of drug-likeness (QED) is 0.0949. The lowest BCUT2D eigenvalue weighted by molar-refractivity contribution is -0.140. The first-order valence-corrected chi connectivity index (χ1v) is 21.5. The highest BCUT2D eigenvalue weighted by molar-refractivity contribution is 6.74. The molecule has 4 fully saturated rings. The molecule has 10 atom stereocenters. The number of ether oxygens (including phenoxy) is 3. The Morgan fingerprint density at radius 1 is 1.16 bits per heavy atom. The molecule has 4 N–H and O–H groups in total. The first kappa shape index (κ1) is 40.3. The largest absolute Gasteiger partial charge is 0.465 e. The van der Waals surface area contributed by atoms with Gasteiger partial charge in [0.1, 0.15) is 17.8 Å². The third kappa shape index (κ3) is 10.3. The van der Waals surface area contributed by atoms with E-state index in [-0.39, 0.29) is 77.7 Å². The van der Waals surface area contributed by atoms with Crippen LogP contribution >= 0.6 is 0 Å². The molecule has 0 radical (unpaired) electrons. The second kappa shape index (κ2) is 16.4. The molecule has 0 bridgehead atoms. The molecule has 1 spiro atoms. The van der Waals surface area contributed by atoms with Gasteiger partial charge in [-0.3, -0.25) is 9.59 Å². The molecule has 4 aliphatic heterocycles. The average molecular weight is 718 g/mol. The first-order valence-electron chi connectivity index (χ1n) is 18.6. The number of epoxide rings is 1. The van der Waals surface area contributed by atoms with Crippen molar-refractivity contribution in [2.75, 3.05) is 13.2 Å². The van der Waals surface area contributed by atoms with Crippen LogP contribution in [-0.4, -0.2) is 97.6 Å². The van der Waals surface area contributed by atoms with E-state index < -0.39 is 20.0 Å². The molecule has 4 saturated heterocycles. The van der Waals surface area contributed by atoms with Crippen molar-refractivity contribution in [1.29, 1.82) is 0 Å². The summed E-state index contributed by atoms with van der Waals surface area (Å²) in [5, 5.41) is 12.7. The Kier molecular flexibility index (Phi) is 13.2. The predicted octanol–water partition coefficient (Wildman–Crippen LogP) is 6.09. The number of carbonyl (C=O) groups excluding carboxylic acids is 2. The number of amides is 3. The molecular weight excluding hydrogens is 655 g/mol. The zero-order valence-electron chi connectivity index (χ0n) is 31.8. The fourth-order valence-electron chi connectivity index (χ4n) is 7.35. The van der Waals surface area contributed by atoms with Gasteiger partial charge in [-0.05, 0) is 82.0 Å². The van der Waals surface area contributed by atoms with E-state index in [2.05, 4.69) is 65.2 Å². The summed E-state index contributed by atoms with van der Waals surface area (Å²) in [4.78, 5) is 37.9. The van der Waals surface area contributed by atoms with Crippen LogP contribution in [0.25, 0.3) is 0 Å². The molecule has 11 nitrogen and oxygen atoms in total. The normalized spacial score (nSPS) is 34.7. The van der Waals surface area contributed by atoms with Crippen LogP contribution in [0.1, 0.15) is 93.4 Å². The first-order chi connectivity index (χ1) is 23.3. The molecule has 4 aliphatic rings. The van der Waals surface area contributed by atoms with Crippen molar-refractivity contribution >= 4 is 26.2 Å². The van der Waals surface area contributed by atoms with Crippen LogP contribution in [0.4, 0.5) is 4.79 Å². The van der Waals surface area contributed by atoms with E-state index >= 15 is 0 Å². The van der Waals surface area contributed by atoms with Gasteiger partial charge in [0, 0.05) is 19.0 Å². The summed E-state index contributed by atoms with van der Waals surface area (Å²) in [5.41, 5.74) is 6.16. The molecule has 0 aliphatic carbocycles. The molecule has 1 unspecified atom stereocenters. The molecule has 282 valence electrons. The lowest BCUT2D eigenvalue weighted by atomic mass is 9.87. The fraction of sp³-hybridized carbons (Fsp3) is 0.763. The summed E-state index contributed by atoms with van der Waals surface area (Å²) in [6.07, 6.45) is 12.6. The number of piperidine rings is 1. The molecule has 4 heterocycles. The summed E-state index contributed by atoms with van der Waals surface area (Å²) >= 11 is 0. The van der Waals surface area contributed by atoms with Crippen molar-refractivity contribution in [3.8, 4) is 0 Å². The number of primary amides is 1. The number of carboxylic acid groups (broad SMARTS) is 1. The van der Waals surface area contributed by atoms with Crippen molar-refractivity contribution in [2.45, 2.75) is 160 Å². The van der Waals surface area contributed by atoms with Gasteiger partial charge in [-0.15, -0.1) is 0 Å². The third-order valence-corrected chi connectivity index (χ3v) is 16.1. The van der Waals surface area contributed by atoms with Crippen LogP contribution in [0.2, 0.25) is 18.1 Å². The minimum atomic E-state index is -2.15. The third-order valence-electron chi connectivity index (χ3n) is 11.6. The highest BCUT2D eigenvalue weighted by Crippen LogP contribution is 2.48. The Hall–Kier alpha value is -2.51.